The van der Waals surface area contributed by atoms with Crippen molar-refractivity contribution in [1.82, 2.24) is 10.5 Å². The minimum atomic E-state index is 0.357. The number of anilines is 2. The van der Waals surface area contributed by atoms with E-state index in [1.165, 1.54) is 25.7 Å². The van der Waals surface area contributed by atoms with E-state index >= 15 is 0 Å². The topological polar surface area (TPSA) is 112 Å². The summed E-state index contributed by atoms with van der Waals surface area (Å²) >= 11 is 0. The highest BCUT2D eigenvalue weighted by molar-refractivity contribution is 5.11. The van der Waals surface area contributed by atoms with Crippen LogP contribution in [0.2, 0.25) is 0 Å². The fourth-order valence-corrected chi connectivity index (χ4v) is 2.05. The summed E-state index contributed by atoms with van der Waals surface area (Å²) in [5.41, 5.74) is 10.9. The maximum absolute atomic E-state index is 5.44. The first-order valence-corrected chi connectivity index (χ1v) is 6.98. The summed E-state index contributed by atoms with van der Waals surface area (Å²) in [5, 5.41) is 7.57. The molecular formula is C12H22N6O2+2. The molecule has 8 heteroatoms. The number of unbranched alkanes of at least 4 members (excludes halogenated alkanes) is 5. The molecule has 0 atom stereocenters. The number of rotatable bonds is 9. The second-order valence-corrected chi connectivity index (χ2v) is 4.86. The van der Waals surface area contributed by atoms with Gasteiger partial charge in [0, 0.05) is 12.8 Å². The number of aromatic nitrogens is 4. The van der Waals surface area contributed by atoms with Gasteiger partial charge in [0.1, 0.15) is 0 Å². The lowest BCUT2D eigenvalue weighted by Gasteiger charge is -1.96. The Labute approximate surface area is 117 Å². The molecule has 0 bridgehead atoms. The van der Waals surface area contributed by atoms with Crippen LogP contribution in [-0.4, -0.2) is 10.5 Å². The molecule has 2 heterocycles. The predicted molar refractivity (Wildman–Crippen MR) is 69.9 cm³/mol. The Kier molecular flexibility index (Phi) is 5.33. The van der Waals surface area contributed by atoms with Gasteiger partial charge >= 0.3 is 0 Å². The SMILES string of the molecule is Nc1c[n+](CCCCCCCC[n+]2cc(N)on2)no1. The molecule has 0 saturated carbocycles. The third kappa shape index (κ3) is 4.87. The molecule has 0 aliphatic carbocycles. The van der Waals surface area contributed by atoms with E-state index in [9.17, 15) is 0 Å². The molecule has 0 radical (unpaired) electrons. The van der Waals surface area contributed by atoms with Crippen molar-refractivity contribution >= 4 is 11.8 Å². The van der Waals surface area contributed by atoms with E-state index < -0.39 is 0 Å². The highest BCUT2D eigenvalue weighted by Crippen LogP contribution is 2.05. The number of nitrogens with zero attached hydrogens (tertiary/aromatic N) is 4. The minimum Gasteiger partial charge on any atom is -0.362 e. The monoisotopic (exact) mass is 282 g/mol. The summed E-state index contributed by atoms with van der Waals surface area (Å²) < 4.78 is 13.0. The lowest BCUT2D eigenvalue weighted by atomic mass is 10.1. The molecule has 0 spiro atoms. The van der Waals surface area contributed by atoms with E-state index in [0.29, 0.717) is 11.8 Å². The van der Waals surface area contributed by atoms with E-state index in [2.05, 4.69) is 10.5 Å². The smallest absolute Gasteiger partial charge is 0.293 e. The summed E-state index contributed by atoms with van der Waals surface area (Å²) in [6, 6.07) is 0. The molecule has 8 nitrogen and oxygen atoms in total. The summed E-state index contributed by atoms with van der Waals surface area (Å²) in [5.74, 6) is 0.715. The largest absolute Gasteiger partial charge is 0.362 e. The first-order valence-electron chi connectivity index (χ1n) is 6.98. The average Bonchev–Trinajstić information content (AvgIpc) is 3.02. The molecule has 0 unspecified atom stereocenters. The van der Waals surface area contributed by atoms with Gasteiger partial charge in [-0.25, -0.2) is 0 Å². The van der Waals surface area contributed by atoms with Gasteiger partial charge in [-0.15, -0.1) is 0 Å². The second-order valence-electron chi connectivity index (χ2n) is 4.86. The van der Waals surface area contributed by atoms with Crippen LogP contribution in [0.15, 0.2) is 21.4 Å². The molecule has 20 heavy (non-hydrogen) atoms. The summed E-state index contributed by atoms with van der Waals surface area (Å²) in [7, 11) is 0. The maximum Gasteiger partial charge on any atom is 0.293 e. The standard InChI is InChI=1S/C12H22N6O2/c13-11-9-17(15-19-11)7-5-3-1-2-4-6-8-18-10-12(14)20-16-18/h9-10H,1-8,13-14H2/q+2. The fourth-order valence-electron chi connectivity index (χ4n) is 2.05. The number of hydrogen-bond donors (Lipinski definition) is 2. The Balaban J connectivity index is 1.44. The van der Waals surface area contributed by atoms with E-state index in [4.69, 9.17) is 20.5 Å². The Morgan fingerprint density at radius 1 is 0.750 bits per heavy atom. The lowest BCUT2D eigenvalue weighted by molar-refractivity contribution is -0.762. The average molecular weight is 282 g/mol. The molecule has 0 saturated heterocycles. The van der Waals surface area contributed by atoms with Crippen molar-refractivity contribution in [3.8, 4) is 0 Å². The van der Waals surface area contributed by atoms with E-state index in [0.717, 1.165) is 25.9 Å². The third-order valence-corrected chi connectivity index (χ3v) is 3.08. The fraction of sp³-hybridized carbons (Fsp3) is 0.667. The van der Waals surface area contributed by atoms with Gasteiger partial charge in [0.15, 0.2) is 13.1 Å². The van der Waals surface area contributed by atoms with Gasteiger partial charge in [0.2, 0.25) is 10.5 Å². The van der Waals surface area contributed by atoms with E-state index in [-0.39, 0.29) is 0 Å². The van der Waals surface area contributed by atoms with E-state index in [1.807, 2.05) is 0 Å². The molecule has 0 aliphatic heterocycles. The number of nitrogens with two attached hydrogens (primary N) is 2. The molecule has 2 aromatic rings. The van der Waals surface area contributed by atoms with Crippen molar-refractivity contribution < 1.29 is 18.4 Å². The Hall–Kier alpha value is -2.12. The van der Waals surface area contributed by atoms with Crippen molar-refractivity contribution in [3.63, 3.8) is 0 Å². The zero-order chi connectivity index (χ0) is 14.2. The summed E-state index contributed by atoms with van der Waals surface area (Å²) in [6.07, 6.45) is 10.4. The van der Waals surface area contributed by atoms with Gasteiger partial charge in [-0.3, -0.25) is 9.05 Å². The zero-order valence-electron chi connectivity index (χ0n) is 11.6. The van der Waals surface area contributed by atoms with Gasteiger partial charge in [-0.05, 0) is 12.8 Å². The molecule has 2 aromatic heterocycles. The summed E-state index contributed by atoms with van der Waals surface area (Å²) in [4.78, 5) is 0. The van der Waals surface area contributed by atoms with Crippen LogP contribution in [0, 0.1) is 0 Å². The van der Waals surface area contributed by atoms with Gasteiger partial charge < -0.3 is 11.5 Å². The van der Waals surface area contributed by atoms with Crippen LogP contribution in [0.3, 0.4) is 0 Å². The highest BCUT2D eigenvalue weighted by atomic mass is 16.5. The van der Waals surface area contributed by atoms with Gasteiger partial charge in [0.05, 0.1) is 0 Å². The van der Waals surface area contributed by atoms with Crippen LogP contribution in [0.5, 0.6) is 0 Å². The van der Waals surface area contributed by atoms with Gasteiger partial charge in [-0.2, -0.15) is 0 Å². The van der Waals surface area contributed by atoms with Crippen molar-refractivity contribution in [2.45, 2.75) is 51.6 Å². The quantitative estimate of drug-likeness (QED) is 0.510. The second kappa shape index (κ2) is 7.46. The van der Waals surface area contributed by atoms with Gasteiger partial charge in [-0.1, -0.05) is 22.2 Å². The van der Waals surface area contributed by atoms with E-state index in [1.54, 1.807) is 21.8 Å². The molecule has 0 amide bonds. The predicted octanol–water partition coefficient (Wildman–Crippen LogP) is 0.443. The highest BCUT2D eigenvalue weighted by Gasteiger charge is 2.08. The molecule has 4 N–H and O–H groups in total. The molecule has 2 rings (SSSR count). The van der Waals surface area contributed by atoms with Crippen LogP contribution in [0.1, 0.15) is 38.5 Å². The molecule has 110 valence electrons. The number of aryl methyl sites for hydroxylation is 2. The molecule has 0 fully saturated rings. The van der Waals surface area contributed by atoms with Crippen LogP contribution in [-0.2, 0) is 13.1 Å². The Morgan fingerprint density at radius 2 is 1.15 bits per heavy atom. The van der Waals surface area contributed by atoms with Crippen LogP contribution in [0.25, 0.3) is 0 Å². The third-order valence-electron chi connectivity index (χ3n) is 3.08. The minimum absolute atomic E-state index is 0.357. The Morgan fingerprint density at radius 3 is 1.50 bits per heavy atom. The first kappa shape index (κ1) is 14.3. The van der Waals surface area contributed by atoms with Crippen LogP contribution in [0.4, 0.5) is 11.8 Å². The lowest BCUT2D eigenvalue weighted by Crippen LogP contribution is -2.34. The molecule has 0 aliphatic rings. The van der Waals surface area contributed by atoms with Crippen molar-refractivity contribution in [1.29, 1.82) is 0 Å². The van der Waals surface area contributed by atoms with Crippen LogP contribution >= 0.6 is 0 Å². The van der Waals surface area contributed by atoms with Crippen molar-refractivity contribution in [2.24, 2.45) is 0 Å². The maximum atomic E-state index is 5.44. The van der Waals surface area contributed by atoms with Crippen LogP contribution < -0.4 is 20.8 Å². The van der Waals surface area contributed by atoms with Crippen molar-refractivity contribution in [2.75, 3.05) is 11.5 Å². The van der Waals surface area contributed by atoms with Crippen molar-refractivity contribution in [3.05, 3.63) is 12.4 Å². The Bertz CT molecular complexity index is 463. The molecular weight excluding hydrogens is 260 g/mol. The van der Waals surface area contributed by atoms with Gasteiger partial charge in [0.25, 0.3) is 24.2 Å². The first-order chi connectivity index (χ1) is 9.74. The number of nitrogen functional groups attached to an aromatic ring is 2. The summed E-state index contributed by atoms with van der Waals surface area (Å²) in [6.45, 7) is 1.71. The molecule has 0 aromatic carbocycles. The number of hydrogen-bond acceptors (Lipinski definition) is 6. The zero-order valence-corrected chi connectivity index (χ0v) is 11.6. The normalized spacial score (nSPS) is 11.0.